The van der Waals surface area contributed by atoms with Crippen LogP contribution in [0.1, 0.15) is 86.5 Å². The highest BCUT2D eigenvalue weighted by Gasteiger charge is 2.38. The molecule has 0 bridgehead atoms. The second kappa shape index (κ2) is 10.3. The molecule has 0 atom stereocenters. The minimum Gasteiger partial charge on any atom is -0.207 e. The van der Waals surface area contributed by atoms with Crippen molar-refractivity contribution < 1.29 is 30.7 Å². The second-order valence-electron chi connectivity index (χ2n) is 8.79. The molecule has 2 aromatic carbocycles. The van der Waals surface area contributed by atoms with E-state index in [4.69, 9.17) is 0 Å². The molecule has 3 rings (SSSR count). The molecule has 0 saturated heterocycles. The van der Waals surface area contributed by atoms with Gasteiger partial charge in [0.05, 0.1) is 0 Å². The lowest BCUT2D eigenvalue weighted by Gasteiger charge is -2.29. The maximum absolute atomic E-state index is 14.7. The Hall–Kier alpha value is -2.05. The molecule has 32 heavy (non-hydrogen) atoms. The zero-order valence-corrected chi connectivity index (χ0v) is 18.0. The number of unbranched alkanes of at least 4 members (excludes halogenated alkanes) is 2. The Labute approximate surface area is 183 Å². The highest BCUT2D eigenvalue weighted by atomic mass is 19.4. The first-order valence-electron chi connectivity index (χ1n) is 11.1. The van der Waals surface area contributed by atoms with Crippen LogP contribution in [-0.4, -0.2) is 0 Å². The lowest BCUT2D eigenvalue weighted by molar-refractivity contribution is -0.142. The van der Waals surface area contributed by atoms with Crippen LogP contribution in [0.5, 0.6) is 0 Å². The summed E-state index contributed by atoms with van der Waals surface area (Å²) in [7, 11) is 0. The maximum Gasteiger partial charge on any atom is 0.422 e. The third-order valence-electron chi connectivity index (χ3n) is 6.46. The summed E-state index contributed by atoms with van der Waals surface area (Å²) in [6.07, 6.45) is 2.77. The van der Waals surface area contributed by atoms with Gasteiger partial charge in [0, 0.05) is 12.0 Å². The third-order valence-corrected chi connectivity index (χ3v) is 6.46. The Morgan fingerprint density at radius 1 is 0.781 bits per heavy atom. The molecular weight excluding hydrogens is 433 g/mol. The maximum atomic E-state index is 14.7. The van der Waals surface area contributed by atoms with Gasteiger partial charge in [-0.1, -0.05) is 32.6 Å². The largest absolute Gasteiger partial charge is 0.422 e. The van der Waals surface area contributed by atoms with Crippen LogP contribution in [-0.2, 0) is 12.6 Å². The molecule has 0 aliphatic heterocycles. The Morgan fingerprint density at radius 2 is 1.34 bits per heavy atom. The van der Waals surface area contributed by atoms with Crippen molar-refractivity contribution in [2.45, 2.75) is 76.8 Å². The van der Waals surface area contributed by atoms with E-state index in [0.717, 1.165) is 25.7 Å². The molecule has 0 heterocycles. The Kier molecular flexibility index (Phi) is 7.88. The van der Waals surface area contributed by atoms with Crippen molar-refractivity contribution in [1.82, 2.24) is 0 Å². The van der Waals surface area contributed by atoms with Gasteiger partial charge in [0.15, 0.2) is 0 Å². The summed E-state index contributed by atoms with van der Waals surface area (Å²) in [5.74, 6) is -4.62. The van der Waals surface area contributed by atoms with Crippen molar-refractivity contribution >= 4 is 0 Å². The zero-order valence-electron chi connectivity index (χ0n) is 18.0. The number of alkyl halides is 3. The molecular formula is C25H27F7. The van der Waals surface area contributed by atoms with E-state index >= 15 is 0 Å². The Morgan fingerprint density at radius 3 is 1.84 bits per heavy atom. The van der Waals surface area contributed by atoms with Gasteiger partial charge in [0.1, 0.15) is 28.8 Å². The van der Waals surface area contributed by atoms with Crippen molar-refractivity contribution in [3.63, 3.8) is 0 Å². The predicted octanol–water partition coefficient (Wildman–Crippen LogP) is 8.71. The standard InChI is InChI=1S/C25H27F7/c1-2-3-4-5-15-6-8-17(9-7-15)18-13-20(26)19(21(27)14-18)10-16-11-22(28)24(23(29)12-16)25(30,31)32/h11-15,17H,2-10H2,1H3. The summed E-state index contributed by atoms with van der Waals surface area (Å²) in [5, 5.41) is 0. The first-order chi connectivity index (χ1) is 15.1. The van der Waals surface area contributed by atoms with Crippen molar-refractivity contribution in [2.24, 2.45) is 5.92 Å². The third kappa shape index (κ3) is 5.84. The van der Waals surface area contributed by atoms with Gasteiger partial charge in [-0.3, -0.25) is 0 Å². The summed E-state index contributed by atoms with van der Waals surface area (Å²) in [6.45, 7) is 2.16. The Balaban J connectivity index is 1.72. The van der Waals surface area contributed by atoms with Gasteiger partial charge in [0.2, 0.25) is 0 Å². The highest BCUT2D eigenvalue weighted by molar-refractivity contribution is 5.35. The van der Waals surface area contributed by atoms with Crippen molar-refractivity contribution in [3.05, 3.63) is 69.8 Å². The molecule has 0 radical (unpaired) electrons. The van der Waals surface area contributed by atoms with Crippen molar-refractivity contribution in [1.29, 1.82) is 0 Å². The molecule has 0 aromatic heterocycles. The van der Waals surface area contributed by atoms with Crippen LogP contribution >= 0.6 is 0 Å². The van der Waals surface area contributed by atoms with Crippen LogP contribution in [0.2, 0.25) is 0 Å². The van der Waals surface area contributed by atoms with Gasteiger partial charge >= 0.3 is 6.18 Å². The summed E-state index contributed by atoms with van der Waals surface area (Å²) >= 11 is 0. The van der Waals surface area contributed by atoms with Gasteiger partial charge in [-0.05, 0) is 72.9 Å². The van der Waals surface area contributed by atoms with E-state index in [9.17, 15) is 30.7 Å². The van der Waals surface area contributed by atoms with E-state index in [0.29, 0.717) is 23.6 Å². The van der Waals surface area contributed by atoms with Gasteiger partial charge in [0.25, 0.3) is 0 Å². The summed E-state index contributed by atoms with van der Waals surface area (Å²) < 4.78 is 95.1. The van der Waals surface area contributed by atoms with Crippen LogP contribution < -0.4 is 0 Å². The molecule has 176 valence electrons. The fraction of sp³-hybridized carbons (Fsp3) is 0.520. The second-order valence-corrected chi connectivity index (χ2v) is 8.79. The predicted molar refractivity (Wildman–Crippen MR) is 109 cm³/mol. The molecule has 1 saturated carbocycles. The average Bonchev–Trinajstić information content (AvgIpc) is 2.70. The number of rotatable bonds is 7. The fourth-order valence-electron chi connectivity index (χ4n) is 4.70. The molecule has 1 aliphatic carbocycles. The van der Waals surface area contributed by atoms with Gasteiger partial charge in [-0.15, -0.1) is 0 Å². The van der Waals surface area contributed by atoms with E-state index in [1.54, 1.807) is 0 Å². The fourth-order valence-corrected chi connectivity index (χ4v) is 4.70. The van der Waals surface area contributed by atoms with Gasteiger partial charge in [-0.2, -0.15) is 13.2 Å². The first-order valence-corrected chi connectivity index (χ1v) is 11.1. The number of benzene rings is 2. The van der Waals surface area contributed by atoms with Crippen molar-refractivity contribution in [2.75, 3.05) is 0 Å². The lowest BCUT2D eigenvalue weighted by Crippen LogP contribution is -2.14. The minimum absolute atomic E-state index is 0.0523. The van der Waals surface area contributed by atoms with E-state index in [2.05, 4.69) is 6.92 Å². The van der Waals surface area contributed by atoms with Gasteiger partial charge in [-0.25, -0.2) is 17.6 Å². The number of halogens is 7. The quantitative estimate of drug-likeness (QED) is 0.286. The molecule has 0 spiro atoms. The molecule has 0 amide bonds. The summed E-state index contributed by atoms with van der Waals surface area (Å²) in [4.78, 5) is 0. The van der Waals surface area contributed by atoms with E-state index in [1.807, 2.05) is 0 Å². The van der Waals surface area contributed by atoms with Crippen molar-refractivity contribution in [3.8, 4) is 0 Å². The summed E-state index contributed by atoms with van der Waals surface area (Å²) in [5.41, 5.74) is -2.14. The highest BCUT2D eigenvalue weighted by Crippen LogP contribution is 2.39. The topological polar surface area (TPSA) is 0 Å². The SMILES string of the molecule is CCCCCC1CCC(c2cc(F)c(Cc3cc(F)c(C(F)(F)F)c(F)c3)c(F)c2)CC1. The monoisotopic (exact) mass is 460 g/mol. The zero-order chi connectivity index (χ0) is 23.5. The smallest absolute Gasteiger partial charge is 0.207 e. The van der Waals surface area contributed by atoms with E-state index < -0.39 is 47.0 Å². The van der Waals surface area contributed by atoms with Crippen LogP contribution in [0, 0.1) is 29.2 Å². The molecule has 2 aromatic rings. The lowest BCUT2D eigenvalue weighted by atomic mass is 9.77. The first kappa shape index (κ1) is 24.6. The van der Waals surface area contributed by atoms with E-state index in [1.165, 1.54) is 37.8 Å². The number of hydrogen-bond acceptors (Lipinski definition) is 0. The number of hydrogen-bond donors (Lipinski definition) is 0. The minimum atomic E-state index is -5.19. The molecule has 0 unspecified atom stereocenters. The molecule has 1 fully saturated rings. The average molecular weight is 460 g/mol. The molecule has 1 aliphatic rings. The summed E-state index contributed by atoms with van der Waals surface area (Å²) in [6, 6.07) is 3.44. The molecule has 0 N–H and O–H groups in total. The van der Waals surface area contributed by atoms with Gasteiger partial charge < -0.3 is 0 Å². The van der Waals surface area contributed by atoms with E-state index in [-0.39, 0.29) is 11.5 Å². The molecule has 7 heteroatoms. The van der Waals surface area contributed by atoms with Crippen LogP contribution in [0.25, 0.3) is 0 Å². The van der Waals surface area contributed by atoms with Crippen LogP contribution in [0.15, 0.2) is 24.3 Å². The Bertz CT molecular complexity index is 878. The van der Waals surface area contributed by atoms with Crippen LogP contribution in [0.4, 0.5) is 30.7 Å². The normalized spacial score (nSPS) is 19.4. The van der Waals surface area contributed by atoms with Crippen LogP contribution in [0.3, 0.4) is 0 Å². The molecule has 0 nitrogen and oxygen atoms in total.